The summed E-state index contributed by atoms with van der Waals surface area (Å²) in [5.74, 6) is 1.66. The highest BCUT2D eigenvalue weighted by atomic mass is 16.5. The van der Waals surface area contributed by atoms with Gasteiger partial charge in [-0.05, 0) is 57.1 Å². The van der Waals surface area contributed by atoms with Crippen LogP contribution in [0, 0.1) is 18.8 Å². The third-order valence-corrected chi connectivity index (χ3v) is 4.65. The monoisotopic (exact) mass is 332 g/mol. The summed E-state index contributed by atoms with van der Waals surface area (Å²) >= 11 is 0. The van der Waals surface area contributed by atoms with Crippen LogP contribution >= 0.6 is 0 Å². The van der Waals surface area contributed by atoms with Crippen LogP contribution in [0.2, 0.25) is 0 Å². The fourth-order valence-electron chi connectivity index (χ4n) is 3.43. The fourth-order valence-corrected chi connectivity index (χ4v) is 3.43. The molecule has 0 radical (unpaired) electrons. The predicted molar refractivity (Wildman–Crippen MR) is 97.9 cm³/mol. The van der Waals surface area contributed by atoms with Crippen molar-refractivity contribution in [2.45, 2.75) is 72.1 Å². The molecule has 0 heterocycles. The Morgan fingerprint density at radius 1 is 1.33 bits per heavy atom. The molecule has 134 valence electrons. The van der Waals surface area contributed by atoms with Crippen molar-refractivity contribution in [1.29, 1.82) is 0 Å². The van der Waals surface area contributed by atoms with E-state index in [2.05, 4.69) is 45.1 Å². The van der Waals surface area contributed by atoms with E-state index in [-0.39, 0.29) is 24.0 Å². The smallest absolute Gasteiger partial charge is 0.223 e. The lowest BCUT2D eigenvalue weighted by Gasteiger charge is -2.20. The minimum Gasteiger partial charge on any atom is -0.490 e. The SMILES string of the molecule is Cc1ccc(CNC(=O)C2CCC(N)C2)c(OC(C)CC(C)C)c1. The van der Waals surface area contributed by atoms with E-state index in [9.17, 15) is 4.79 Å². The highest BCUT2D eigenvalue weighted by Gasteiger charge is 2.27. The molecule has 4 heteroatoms. The molecule has 1 aliphatic carbocycles. The molecule has 1 fully saturated rings. The molecule has 1 aromatic rings. The molecule has 1 aliphatic rings. The highest BCUT2D eigenvalue weighted by molar-refractivity contribution is 5.79. The summed E-state index contributed by atoms with van der Waals surface area (Å²) in [6.07, 6.45) is 3.82. The van der Waals surface area contributed by atoms with Gasteiger partial charge in [-0.1, -0.05) is 26.0 Å². The molecule has 0 aromatic heterocycles. The number of nitrogens with two attached hydrogens (primary N) is 1. The molecule has 0 bridgehead atoms. The van der Waals surface area contributed by atoms with E-state index < -0.39 is 0 Å². The van der Waals surface area contributed by atoms with Gasteiger partial charge < -0.3 is 15.8 Å². The number of aryl methyl sites for hydroxylation is 1. The van der Waals surface area contributed by atoms with Crippen LogP contribution in [0.15, 0.2) is 18.2 Å². The average Bonchev–Trinajstić information content (AvgIpc) is 2.92. The quantitative estimate of drug-likeness (QED) is 0.802. The van der Waals surface area contributed by atoms with E-state index in [4.69, 9.17) is 10.5 Å². The third-order valence-electron chi connectivity index (χ3n) is 4.65. The van der Waals surface area contributed by atoms with Crippen LogP contribution in [-0.2, 0) is 11.3 Å². The fraction of sp³-hybridized carbons (Fsp3) is 0.650. The standard InChI is InChI=1S/C20H32N2O2/c1-13(2)9-15(4)24-19-10-14(3)5-6-17(19)12-22-20(23)16-7-8-18(21)11-16/h5-6,10,13,15-16,18H,7-9,11-12,21H2,1-4H3,(H,22,23). The van der Waals surface area contributed by atoms with E-state index in [1.54, 1.807) is 0 Å². The third kappa shape index (κ3) is 5.52. The molecule has 3 atom stereocenters. The van der Waals surface area contributed by atoms with Crippen molar-refractivity contribution < 1.29 is 9.53 Å². The summed E-state index contributed by atoms with van der Waals surface area (Å²) in [6, 6.07) is 6.35. The first-order valence-corrected chi connectivity index (χ1v) is 9.14. The minimum atomic E-state index is 0.0645. The van der Waals surface area contributed by atoms with E-state index in [1.165, 1.54) is 5.56 Å². The molecule has 0 saturated heterocycles. The van der Waals surface area contributed by atoms with Crippen molar-refractivity contribution in [1.82, 2.24) is 5.32 Å². The summed E-state index contributed by atoms with van der Waals surface area (Å²) in [4.78, 5) is 12.3. The summed E-state index contributed by atoms with van der Waals surface area (Å²) in [7, 11) is 0. The number of carbonyl (C=O) groups is 1. The van der Waals surface area contributed by atoms with E-state index in [0.717, 1.165) is 37.0 Å². The molecule has 0 spiro atoms. The van der Waals surface area contributed by atoms with Crippen molar-refractivity contribution in [2.75, 3.05) is 0 Å². The normalized spacial score (nSPS) is 21.8. The van der Waals surface area contributed by atoms with Gasteiger partial charge in [-0.25, -0.2) is 0 Å². The Labute approximate surface area is 146 Å². The predicted octanol–water partition coefficient (Wildman–Crippen LogP) is 3.55. The van der Waals surface area contributed by atoms with Gasteiger partial charge in [-0.3, -0.25) is 4.79 Å². The highest BCUT2D eigenvalue weighted by Crippen LogP contribution is 2.26. The van der Waals surface area contributed by atoms with Crippen LogP contribution in [0.5, 0.6) is 5.75 Å². The van der Waals surface area contributed by atoms with Crippen LogP contribution < -0.4 is 15.8 Å². The average molecular weight is 332 g/mol. The van der Waals surface area contributed by atoms with Crippen LogP contribution in [0.3, 0.4) is 0 Å². The van der Waals surface area contributed by atoms with Crippen LogP contribution in [0.4, 0.5) is 0 Å². The Hall–Kier alpha value is -1.55. The van der Waals surface area contributed by atoms with Gasteiger partial charge in [-0.15, -0.1) is 0 Å². The number of ether oxygens (including phenoxy) is 1. The van der Waals surface area contributed by atoms with Gasteiger partial charge in [0.05, 0.1) is 6.10 Å². The van der Waals surface area contributed by atoms with Crippen LogP contribution in [0.1, 0.15) is 57.6 Å². The summed E-state index contributed by atoms with van der Waals surface area (Å²) in [6.45, 7) is 9.06. The van der Waals surface area contributed by atoms with Crippen molar-refractivity contribution in [3.05, 3.63) is 29.3 Å². The lowest BCUT2D eigenvalue weighted by molar-refractivity contribution is -0.125. The molecule has 24 heavy (non-hydrogen) atoms. The first kappa shape index (κ1) is 18.8. The van der Waals surface area contributed by atoms with Gasteiger partial charge in [0.1, 0.15) is 5.75 Å². The largest absolute Gasteiger partial charge is 0.490 e. The number of hydrogen-bond donors (Lipinski definition) is 2. The Morgan fingerprint density at radius 2 is 2.08 bits per heavy atom. The van der Waals surface area contributed by atoms with E-state index in [0.29, 0.717) is 12.5 Å². The zero-order valence-electron chi connectivity index (χ0n) is 15.5. The zero-order chi connectivity index (χ0) is 17.7. The van der Waals surface area contributed by atoms with Crippen LogP contribution in [-0.4, -0.2) is 18.1 Å². The van der Waals surface area contributed by atoms with Crippen molar-refractivity contribution in [2.24, 2.45) is 17.6 Å². The summed E-state index contributed by atoms with van der Waals surface area (Å²) in [5, 5.41) is 3.06. The lowest BCUT2D eigenvalue weighted by atomic mass is 10.1. The number of benzene rings is 1. The molecule has 0 aliphatic heterocycles. The second kappa shape index (κ2) is 8.52. The van der Waals surface area contributed by atoms with Gasteiger partial charge in [0, 0.05) is 24.1 Å². The van der Waals surface area contributed by atoms with Crippen molar-refractivity contribution in [3.63, 3.8) is 0 Å². The molecular weight excluding hydrogens is 300 g/mol. The first-order chi connectivity index (χ1) is 11.3. The molecule has 4 nitrogen and oxygen atoms in total. The summed E-state index contributed by atoms with van der Waals surface area (Å²) < 4.78 is 6.14. The lowest BCUT2D eigenvalue weighted by Crippen LogP contribution is -2.30. The van der Waals surface area contributed by atoms with Gasteiger partial charge >= 0.3 is 0 Å². The molecule has 2 rings (SSSR count). The maximum atomic E-state index is 12.3. The van der Waals surface area contributed by atoms with E-state index in [1.807, 2.05) is 6.07 Å². The maximum absolute atomic E-state index is 12.3. The second-order valence-corrected chi connectivity index (χ2v) is 7.66. The Kier molecular flexibility index (Phi) is 6.67. The molecule has 1 saturated carbocycles. The zero-order valence-corrected chi connectivity index (χ0v) is 15.5. The maximum Gasteiger partial charge on any atom is 0.223 e. The molecular formula is C20H32N2O2. The minimum absolute atomic E-state index is 0.0645. The topological polar surface area (TPSA) is 64.4 Å². The van der Waals surface area contributed by atoms with Gasteiger partial charge in [0.2, 0.25) is 5.91 Å². The van der Waals surface area contributed by atoms with Gasteiger partial charge in [-0.2, -0.15) is 0 Å². The van der Waals surface area contributed by atoms with Gasteiger partial charge in [0.25, 0.3) is 0 Å². The molecule has 3 N–H and O–H groups in total. The molecule has 1 aromatic carbocycles. The van der Waals surface area contributed by atoms with Crippen LogP contribution in [0.25, 0.3) is 0 Å². The summed E-state index contributed by atoms with van der Waals surface area (Å²) in [5.41, 5.74) is 8.10. The van der Waals surface area contributed by atoms with Gasteiger partial charge in [0.15, 0.2) is 0 Å². The number of carbonyl (C=O) groups excluding carboxylic acids is 1. The Morgan fingerprint density at radius 3 is 2.71 bits per heavy atom. The van der Waals surface area contributed by atoms with E-state index >= 15 is 0 Å². The van der Waals surface area contributed by atoms with Crippen molar-refractivity contribution >= 4 is 5.91 Å². The molecule has 3 unspecified atom stereocenters. The number of amides is 1. The Bertz CT molecular complexity index is 557. The number of rotatable bonds is 7. The number of nitrogens with one attached hydrogen (secondary N) is 1. The number of hydrogen-bond acceptors (Lipinski definition) is 3. The first-order valence-electron chi connectivity index (χ1n) is 9.14. The van der Waals surface area contributed by atoms with Crippen molar-refractivity contribution in [3.8, 4) is 5.75 Å². The second-order valence-electron chi connectivity index (χ2n) is 7.66. The Balaban J connectivity index is 1.97. The molecule has 1 amide bonds.